The first-order chi connectivity index (χ1) is 9.31. The van der Waals surface area contributed by atoms with Gasteiger partial charge in [-0.3, -0.25) is 4.79 Å². The Morgan fingerprint density at radius 2 is 2.20 bits per heavy atom. The monoisotopic (exact) mass is 361 g/mol. The summed E-state index contributed by atoms with van der Waals surface area (Å²) < 4.78 is 15.8. The third kappa shape index (κ3) is 2.81. The molecule has 0 radical (unpaired) electrons. The van der Waals surface area contributed by atoms with Crippen molar-refractivity contribution in [2.75, 3.05) is 0 Å². The molecule has 0 aliphatic rings. The van der Waals surface area contributed by atoms with E-state index in [2.05, 4.69) is 20.9 Å². The molecule has 0 spiro atoms. The van der Waals surface area contributed by atoms with E-state index in [0.29, 0.717) is 15.8 Å². The van der Waals surface area contributed by atoms with Crippen molar-refractivity contribution in [2.24, 2.45) is 5.73 Å². The molecule has 0 aliphatic heterocycles. The largest absolute Gasteiger partial charge is 0.370 e. The van der Waals surface area contributed by atoms with E-state index >= 15 is 0 Å². The highest BCUT2D eigenvalue weighted by molar-refractivity contribution is 9.10. The molecule has 0 saturated heterocycles. The number of imidazole rings is 1. The molecule has 2 N–H and O–H groups in total. The maximum Gasteiger partial charge on any atom is 0.219 e. The third-order valence-corrected chi connectivity index (χ3v) is 3.85. The van der Waals surface area contributed by atoms with Gasteiger partial charge in [-0.25, -0.2) is 9.37 Å². The quantitative estimate of drug-likeness (QED) is 0.844. The highest BCUT2D eigenvalue weighted by atomic mass is 79.9. The van der Waals surface area contributed by atoms with E-state index in [-0.39, 0.29) is 17.8 Å². The number of fused-ring (bicyclic) bond motifs is 1. The molecule has 20 heavy (non-hydrogen) atoms. The van der Waals surface area contributed by atoms with E-state index in [9.17, 15) is 9.18 Å². The summed E-state index contributed by atoms with van der Waals surface area (Å²) in [5.41, 5.74) is 6.47. The molecular formula is C13H14BrClFN3O. The molecule has 0 saturated carbocycles. The molecular weight excluding hydrogens is 349 g/mol. The summed E-state index contributed by atoms with van der Waals surface area (Å²) in [4.78, 5) is 15.5. The number of hydrogen-bond acceptors (Lipinski definition) is 2. The standard InChI is InChI=1S/C13H14BrClFN3O/c1-6(3-12(17)20)19-11-4-8(14)9(16)5-10(11)18-13(19)7(2)15/h4-7H,3H2,1-2H3,(H2,17,20). The van der Waals surface area contributed by atoms with Crippen LogP contribution in [0.2, 0.25) is 0 Å². The Bertz CT molecular complexity index is 671. The fourth-order valence-corrected chi connectivity index (χ4v) is 2.72. The number of hydrogen-bond donors (Lipinski definition) is 1. The summed E-state index contributed by atoms with van der Waals surface area (Å²) in [5.74, 6) is -0.208. The average molecular weight is 363 g/mol. The molecule has 2 aromatic rings. The van der Waals surface area contributed by atoms with Crippen LogP contribution in [0.15, 0.2) is 16.6 Å². The van der Waals surface area contributed by atoms with Crippen molar-refractivity contribution in [3.8, 4) is 0 Å². The zero-order valence-corrected chi connectivity index (χ0v) is 13.4. The number of nitrogens with zero attached hydrogens (tertiary/aromatic N) is 2. The summed E-state index contributed by atoms with van der Waals surface area (Å²) in [6.07, 6.45) is 0.164. The first kappa shape index (κ1) is 15.3. The van der Waals surface area contributed by atoms with Crippen molar-refractivity contribution in [1.29, 1.82) is 0 Å². The predicted octanol–water partition coefficient (Wildman–Crippen LogP) is 3.67. The minimum atomic E-state index is -0.409. The minimum Gasteiger partial charge on any atom is -0.370 e. The number of alkyl halides is 1. The Labute approximate surface area is 129 Å². The van der Waals surface area contributed by atoms with Crippen molar-refractivity contribution in [3.05, 3.63) is 28.2 Å². The van der Waals surface area contributed by atoms with E-state index in [1.165, 1.54) is 6.07 Å². The van der Waals surface area contributed by atoms with Gasteiger partial charge < -0.3 is 10.3 Å². The van der Waals surface area contributed by atoms with Crippen LogP contribution in [0, 0.1) is 5.82 Å². The van der Waals surface area contributed by atoms with Crippen LogP contribution in [-0.2, 0) is 4.79 Å². The van der Waals surface area contributed by atoms with E-state index in [4.69, 9.17) is 17.3 Å². The lowest BCUT2D eigenvalue weighted by Gasteiger charge is -2.17. The average Bonchev–Trinajstić information content (AvgIpc) is 2.67. The molecule has 2 atom stereocenters. The topological polar surface area (TPSA) is 60.9 Å². The van der Waals surface area contributed by atoms with E-state index in [1.54, 1.807) is 13.0 Å². The highest BCUT2D eigenvalue weighted by Gasteiger charge is 2.21. The zero-order chi connectivity index (χ0) is 15.0. The summed E-state index contributed by atoms with van der Waals surface area (Å²) in [7, 11) is 0. The van der Waals surface area contributed by atoms with Gasteiger partial charge in [-0.05, 0) is 35.8 Å². The van der Waals surface area contributed by atoms with Crippen LogP contribution >= 0.6 is 27.5 Å². The molecule has 1 heterocycles. The molecule has 0 fully saturated rings. The van der Waals surface area contributed by atoms with E-state index in [1.807, 2.05) is 11.5 Å². The van der Waals surface area contributed by atoms with Gasteiger partial charge in [-0.1, -0.05) is 0 Å². The summed E-state index contributed by atoms with van der Waals surface area (Å²) in [6, 6.07) is 2.78. The number of halogens is 3. The summed E-state index contributed by atoms with van der Waals surface area (Å²) in [6.45, 7) is 3.63. The Hall–Kier alpha value is -1.14. The Balaban J connectivity index is 2.67. The Kier molecular flexibility index (Phi) is 4.34. The lowest BCUT2D eigenvalue weighted by atomic mass is 10.2. The number of carbonyl (C=O) groups excluding carboxylic acids is 1. The maximum absolute atomic E-state index is 13.6. The number of carbonyl (C=O) groups is 1. The molecule has 108 valence electrons. The van der Waals surface area contributed by atoms with Crippen LogP contribution in [0.1, 0.15) is 37.5 Å². The second kappa shape index (κ2) is 5.69. The molecule has 0 bridgehead atoms. The first-order valence-electron chi connectivity index (χ1n) is 6.10. The fraction of sp³-hybridized carbons (Fsp3) is 0.385. The number of amides is 1. The second-order valence-corrected chi connectivity index (χ2v) is 6.24. The molecule has 7 heteroatoms. The SMILES string of the molecule is CC(Cl)c1nc2cc(F)c(Br)cc2n1C(C)CC(N)=O. The molecule has 2 rings (SSSR count). The van der Waals surface area contributed by atoms with Crippen LogP contribution in [0.5, 0.6) is 0 Å². The van der Waals surface area contributed by atoms with Crippen LogP contribution in [0.25, 0.3) is 11.0 Å². The summed E-state index contributed by atoms with van der Waals surface area (Å²) in [5, 5.41) is -0.362. The van der Waals surface area contributed by atoms with Crippen molar-refractivity contribution in [2.45, 2.75) is 31.7 Å². The molecule has 1 aromatic carbocycles. The van der Waals surface area contributed by atoms with Crippen molar-refractivity contribution < 1.29 is 9.18 Å². The number of primary amides is 1. The lowest BCUT2D eigenvalue weighted by Crippen LogP contribution is -2.19. The van der Waals surface area contributed by atoms with Gasteiger partial charge in [0.15, 0.2) is 0 Å². The molecule has 2 unspecified atom stereocenters. The highest BCUT2D eigenvalue weighted by Crippen LogP contribution is 2.31. The number of aromatic nitrogens is 2. The fourth-order valence-electron chi connectivity index (χ4n) is 2.24. The van der Waals surface area contributed by atoms with Gasteiger partial charge in [0, 0.05) is 18.5 Å². The lowest BCUT2D eigenvalue weighted by molar-refractivity contribution is -0.118. The molecule has 1 aromatic heterocycles. The second-order valence-electron chi connectivity index (χ2n) is 4.73. The van der Waals surface area contributed by atoms with Gasteiger partial charge in [0.2, 0.25) is 5.91 Å². The van der Waals surface area contributed by atoms with E-state index < -0.39 is 11.7 Å². The third-order valence-electron chi connectivity index (χ3n) is 3.05. The molecule has 0 aliphatic carbocycles. The van der Waals surface area contributed by atoms with E-state index in [0.717, 1.165) is 5.52 Å². The zero-order valence-electron chi connectivity index (χ0n) is 11.0. The van der Waals surface area contributed by atoms with Gasteiger partial charge in [-0.2, -0.15) is 0 Å². The van der Waals surface area contributed by atoms with Gasteiger partial charge in [0.25, 0.3) is 0 Å². The minimum absolute atomic E-state index is 0.164. The van der Waals surface area contributed by atoms with Crippen molar-refractivity contribution in [1.82, 2.24) is 9.55 Å². The number of rotatable bonds is 4. The number of nitrogens with two attached hydrogens (primary N) is 1. The summed E-state index contributed by atoms with van der Waals surface area (Å²) >= 11 is 9.29. The van der Waals surface area contributed by atoms with Crippen molar-refractivity contribution >= 4 is 44.5 Å². The van der Waals surface area contributed by atoms with Crippen molar-refractivity contribution in [3.63, 3.8) is 0 Å². The molecule has 1 amide bonds. The predicted molar refractivity (Wildman–Crippen MR) is 80.2 cm³/mol. The van der Waals surface area contributed by atoms with Gasteiger partial charge in [0.1, 0.15) is 11.6 Å². The van der Waals surface area contributed by atoms with Gasteiger partial charge in [0.05, 0.1) is 20.9 Å². The first-order valence-corrected chi connectivity index (χ1v) is 7.33. The van der Waals surface area contributed by atoms with Gasteiger partial charge in [-0.15, -0.1) is 11.6 Å². The Morgan fingerprint density at radius 3 is 2.75 bits per heavy atom. The van der Waals surface area contributed by atoms with Gasteiger partial charge >= 0.3 is 0 Å². The maximum atomic E-state index is 13.6. The number of benzene rings is 1. The van der Waals surface area contributed by atoms with Crippen LogP contribution < -0.4 is 5.73 Å². The molecule has 4 nitrogen and oxygen atoms in total. The van der Waals surface area contributed by atoms with Crippen LogP contribution in [0.3, 0.4) is 0 Å². The van der Waals surface area contributed by atoms with Crippen LogP contribution in [0.4, 0.5) is 4.39 Å². The van der Waals surface area contributed by atoms with Crippen LogP contribution in [-0.4, -0.2) is 15.5 Å². The smallest absolute Gasteiger partial charge is 0.219 e. The Morgan fingerprint density at radius 1 is 1.55 bits per heavy atom. The normalized spacial score (nSPS) is 14.4.